The van der Waals surface area contributed by atoms with Gasteiger partial charge in [0.2, 0.25) is 5.91 Å². The van der Waals surface area contributed by atoms with Gasteiger partial charge in [-0.2, -0.15) is 0 Å². The van der Waals surface area contributed by atoms with Crippen LogP contribution in [0.3, 0.4) is 0 Å². The predicted octanol–water partition coefficient (Wildman–Crippen LogP) is 2.03. The third-order valence-corrected chi connectivity index (χ3v) is 3.25. The van der Waals surface area contributed by atoms with E-state index < -0.39 is 0 Å². The smallest absolute Gasteiger partial charge is 0.227 e. The van der Waals surface area contributed by atoms with E-state index in [-0.39, 0.29) is 18.4 Å². The molecule has 3 nitrogen and oxygen atoms in total. The van der Waals surface area contributed by atoms with Gasteiger partial charge in [-0.3, -0.25) is 4.79 Å². The zero-order valence-electron chi connectivity index (χ0n) is 10.0. The molecule has 1 aromatic carbocycles. The van der Waals surface area contributed by atoms with Crippen LogP contribution in [0.15, 0.2) is 30.9 Å². The minimum absolute atomic E-state index is 0.0421. The van der Waals surface area contributed by atoms with Crippen molar-refractivity contribution in [1.82, 2.24) is 0 Å². The Bertz CT molecular complexity index is 454. The van der Waals surface area contributed by atoms with Gasteiger partial charge in [0.05, 0.1) is 12.3 Å². The van der Waals surface area contributed by atoms with Crippen molar-refractivity contribution in [2.45, 2.75) is 20.0 Å². The lowest BCUT2D eigenvalue weighted by molar-refractivity contribution is -0.117. The first-order chi connectivity index (χ1) is 8.17. The van der Waals surface area contributed by atoms with Gasteiger partial charge < -0.3 is 10.0 Å². The second-order valence-electron chi connectivity index (χ2n) is 4.45. The molecule has 1 atom stereocenters. The van der Waals surface area contributed by atoms with Crippen molar-refractivity contribution >= 4 is 11.6 Å². The second kappa shape index (κ2) is 4.72. The van der Waals surface area contributed by atoms with Crippen LogP contribution in [-0.2, 0) is 11.4 Å². The summed E-state index contributed by atoms with van der Waals surface area (Å²) in [6, 6.07) is 5.72. The van der Waals surface area contributed by atoms with Gasteiger partial charge in [0.25, 0.3) is 0 Å². The maximum absolute atomic E-state index is 12.0. The molecule has 1 saturated heterocycles. The van der Waals surface area contributed by atoms with Crippen molar-refractivity contribution in [3.63, 3.8) is 0 Å². The molecule has 3 heteroatoms. The number of hydrogen-bond donors (Lipinski definition) is 1. The Labute approximate surface area is 101 Å². The monoisotopic (exact) mass is 231 g/mol. The van der Waals surface area contributed by atoms with Crippen molar-refractivity contribution in [2.75, 3.05) is 11.4 Å². The van der Waals surface area contributed by atoms with Crippen LogP contribution in [0.2, 0.25) is 0 Å². The van der Waals surface area contributed by atoms with Crippen molar-refractivity contribution < 1.29 is 9.90 Å². The summed E-state index contributed by atoms with van der Waals surface area (Å²) in [4.78, 5) is 13.7. The predicted molar refractivity (Wildman–Crippen MR) is 67.8 cm³/mol. The van der Waals surface area contributed by atoms with Crippen LogP contribution < -0.4 is 4.90 Å². The molecule has 1 aliphatic rings. The van der Waals surface area contributed by atoms with Gasteiger partial charge in [-0.05, 0) is 12.5 Å². The average molecular weight is 231 g/mol. The lowest BCUT2D eigenvalue weighted by atomic mass is 10.1. The SMILES string of the molecule is C=CC1CC(=O)N(c2c(C)cccc2CO)C1. The molecule has 1 aromatic rings. The summed E-state index contributed by atoms with van der Waals surface area (Å²) in [5.74, 6) is 0.326. The Morgan fingerprint density at radius 3 is 2.94 bits per heavy atom. The fourth-order valence-corrected chi connectivity index (χ4v) is 2.34. The Kier molecular flexibility index (Phi) is 3.29. The quantitative estimate of drug-likeness (QED) is 0.809. The van der Waals surface area contributed by atoms with Crippen molar-refractivity contribution in [1.29, 1.82) is 0 Å². The standard InChI is InChI=1S/C14H17NO2/c1-3-11-7-13(17)15(8-11)14-10(2)5-4-6-12(14)9-16/h3-6,11,16H,1,7-9H2,2H3. The van der Waals surface area contributed by atoms with E-state index in [1.54, 1.807) is 4.90 Å². The van der Waals surface area contributed by atoms with Crippen LogP contribution in [0.1, 0.15) is 17.5 Å². The Morgan fingerprint density at radius 1 is 1.59 bits per heavy atom. The maximum Gasteiger partial charge on any atom is 0.227 e. The first kappa shape index (κ1) is 11.9. The zero-order valence-corrected chi connectivity index (χ0v) is 10.0. The van der Waals surface area contributed by atoms with E-state index in [2.05, 4.69) is 6.58 Å². The van der Waals surface area contributed by atoms with Crippen molar-refractivity contribution in [3.8, 4) is 0 Å². The van der Waals surface area contributed by atoms with Gasteiger partial charge in [-0.1, -0.05) is 24.3 Å². The molecule has 2 rings (SSSR count). The molecule has 0 aromatic heterocycles. The number of benzene rings is 1. The van der Waals surface area contributed by atoms with Gasteiger partial charge in [-0.25, -0.2) is 0 Å². The number of aliphatic hydroxyl groups excluding tert-OH is 1. The molecule has 1 fully saturated rings. The van der Waals surface area contributed by atoms with E-state index in [0.29, 0.717) is 13.0 Å². The summed E-state index contributed by atoms with van der Waals surface area (Å²) in [6.07, 6.45) is 2.34. The third-order valence-electron chi connectivity index (χ3n) is 3.25. The van der Waals surface area contributed by atoms with Gasteiger partial charge in [0.1, 0.15) is 0 Å². The number of aryl methyl sites for hydroxylation is 1. The number of nitrogens with zero attached hydrogens (tertiary/aromatic N) is 1. The Balaban J connectivity index is 2.40. The van der Waals surface area contributed by atoms with Crippen LogP contribution in [0, 0.1) is 12.8 Å². The van der Waals surface area contributed by atoms with Crippen LogP contribution in [0.25, 0.3) is 0 Å². The summed E-state index contributed by atoms with van der Waals surface area (Å²) < 4.78 is 0. The molecule has 1 N–H and O–H groups in total. The van der Waals surface area contributed by atoms with Crippen molar-refractivity contribution in [2.24, 2.45) is 5.92 Å². The Morgan fingerprint density at radius 2 is 2.35 bits per heavy atom. The van der Waals surface area contributed by atoms with E-state index >= 15 is 0 Å². The molecule has 1 heterocycles. The molecule has 0 saturated carbocycles. The molecular weight excluding hydrogens is 214 g/mol. The molecule has 0 aliphatic carbocycles. The molecule has 1 amide bonds. The lowest BCUT2D eigenvalue weighted by Crippen LogP contribution is -2.26. The molecule has 1 aliphatic heterocycles. The number of carbonyl (C=O) groups is 1. The zero-order chi connectivity index (χ0) is 12.4. The highest BCUT2D eigenvalue weighted by Gasteiger charge is 2.30. The number of aliphatic hydroxyl groups is 1. The first-order valence-corrected chi connectivity index (χ1v) is 5.79. The van der Waals surface area contributed by atoms with Crippen molar-refractivity contribution in [3.05, 3.63) is 42.0 Å². The molecule has 17 heavy (non-hydrogen) atoms. The van der Waals surface area contributed by atoms with E-state index in [1.165, 1.54) is 0 Å². The minimum Gasteiger partial charge on any atom is -0.392 e. The highest BCUT2D eigenvalue weighted by Crippen LogP contribution is 2.31. The van der Waals surface area contributed by atoms with E-state index in [1.807, 2.05) is 31.2 Å². The van der Waals surface area contributed by atoms with Gasteiger partial charge in [-0.15, -0.1) is 6.58 Å². The lowest BCUT2D eigenvalue weighted by Gasteiger charge is -2.21. The Hall–Kier alpha value is -1.61. The van der Waals surface area contributed by atoms with Gasteiger partial charge >= 0.3 is 0 Å². The van der Waals surface area contributed by atoms with Gasteiger partial charge in [0, 0.05) is 24.4 Å². The fourth-order valence-electron chi connectivity index (χ4n) is 2.34. The number of hydrogen-bond acceptors (Lipinski definition) is 2. The molecule has 1 unspecified atom stereocenters. The second-order valence-corrected chi connectivity index (χ2v) is 4.45. The molecule has 0 spiro atoms. The topological polar surface area (TPSA) is 40.5 Å². The largest absolute Gasteiger partial charge is 0.392 e. The highest BCUT2D eigenvalue weighted by atomic mass is 16.3. The number of amides is 1. The van der Waals surface area contributed by atoms with Gasteiger partial charge in [0.15, 0.2) is 0 Å². The summed E-state index contributed by atoms with van der Waals surface area (Å²) in [5.41, 5.74) is 2.70. The number of anilines is 1. The fraction of sp³-hybridized carbons (Fsp3) is 0.357. The van der Waals surface area contributed by atoms with E-state index in [4.69, 9.17) is 0 Å². The van der Waals surface area contributed by atoms with E-state index in [0.717, 1.165) is 16.8 Å². The maximum atomic E-state index is 12.0. The first-order valence-electron chi connectivity index (χ1n) is 5.79. The average Bonchev–Trinajstić information content (AvgIpc) is 2.70. The highest BCUT2D eigenvalue weighted by molar-refractivity contribution is 5.97. The summed E-state index contributed by atoms with van der Waals surface area (Å²) in [5, 5.41) is 9.35. The van der Waals surface area contributed by atoms with Crippen LogP contribution >= 0.6 is 0 Å². The summed E-state index contributed by atoms with van der Waals surface area (Å²) in [6.45, 7) is 6.33. The number of para-hydroxylation sites is 1. The number of rotatable bonds is 3. The summed E-state index contributed by atoms with van der Waals surface area (Å²) >= 11 is 0. The van der Waals surface area contributed by atoms with Crippen LogP contribution in [0.4, 0.5) is 5.69 Å². The third kappa shape index (κ3) is 2.11. The normalized spacial score (nSPS) is 19.8. The van der Waals surface area contributed by atoms with Crippen LogP contribution in [0.5, 0.6) is 0 Å². The molecular formula is C14H17NO2. The number of carbonyl (C=O) groups excluding carboxylic acids is 1. The summed E-state index contributed by atoms with van der Waals surface area (Å²) in [7, 11) is 0. The minimum atomic E-state index is -0.0421. The van der Waals surface area contributed by atoms with E-state index in [9.17, 15) is 9.90 Å². The van der Waals surface area contributed by atoms with Crippen LogP contribution in [-0.4, -0.2) is 17.6 Å². The molecule has 0 bridgehead atoms. The molecule has 90 valence electrons. The molecule has 0 radical (unpaired) electrons.